The molecule has 3 N–H and O–H groups in total. The number of aliphatic hydroxyl groups is 2. The van der Waals surface area contributed by atoms with Crippen LogP contribution >= 0.6 is 0 Å². The maximum Gasteiger partial charge on any atom is 0.220 e. The number of hydrogen-bond acceptors (Lipinski definition) is 3. The van der Waals surface area contributed by atoms with E-state index in [4.69, 9.17) is 0 Å². The van der Waals surface area contributed by atoms with E-state index in [1.807, 2.05) is 0 Å². The van der Waals surface area contributed by atoms with Gasteiger partial charge in [0.1, 0.15) is 0 Å². The molecule has 51 heavy (non-hydrogen) atoms. The van der Waals surface area contributed by atoms with Crippen molar-refractivity contribution in [2.24, 2.45) is 0 Å². The Morgan fingerprint density at radius 1 is 0.392 bits per heavy atom. The van der Waals surface area contributed by atoms with E-state index in [1.165, 1.54) is 225 Å². The summed E-state index contributed by atoms with van der Waals surface area (Å²) >= 11 is 0. The number of rotatable bonds is 44. The van der Waals surface area contributed by atoms with Crippen LogP contribution in [0.2, 0.25) is 0 Å². The van der Waals surface area contributed by atoms with Crippen LogP contribution < -0.4 is 5.32 Å². The lowest BCUT2D eigenvalue weighted by Crippen LogP contribution is -2.45. The van der Waals surface area contributed by atoms with E-state index in [0.717, 1.165) is 25.7 Å². The highest BCUT2D eigenvalue weighted by Crippen LogP contribution is 2.17. The Bertz CT molecular complexity index is 655. The van der Waals surface area contributed by atoms with E-state index in [-0.39, 0.29) is 12.5 Å². The van der Waals surface area contributed by atoms with Gasteiger partial charge in [-0.3, -0.25) is 4.79 Å². The SMILES string of the molecule is CCCCCCCCCCCCCCCCCCCCCCCCCCCCCCCC(=O)N[C@@H](CO)[C@H](O)CCCCCCCCCCCC. The normalized spacial score (nSPS) is 12.8. The molecule has 306 valence electrons. The van der Waals surface area contributed by atoms with Crippen molar-refractivity contribution in [3.63, 3.8) is 0 Å². The Morgan fingerprint density at radius 2 is 0.627 bits per heavy atom. The first kappa shape index (κ1) is 50.4. The molecule has 0 fully saturated rings. The van der Waals surface area contributed by atoms with Gasteiger partial charge in [0.2, 0.25) is 5.91 Å². The third-order valence-electron chi connectivity index (χ3n) is 11.4. The van der Waals surface area contributed by atoms with Crippen LogP contribution in [0.3, 0.4) is 0 Å². The fourth-order valence-electron chi connectivity index (χ4n) is 7.72. The molecule has 0 heterocycles. The summed E-state index contributed by atoms with van der Waals surface area (Å²) in [5.41, 5.74) is 0. The maximum atomic E-state index is 12.4. The van der Waals surface area contributed by atoms with Crippen LogP contribution in [-0.2, 0) is 4.79 Å². The minimum atomic E-state index is -0.651. The predicted octanol–water partition coefficient (Wildman–Crippen LogP) is 14.9. The third kappa shape index (κ3) is 40.4. The van der Waals surface area contributed by atoms with Gasteiger partial charge in [-0.2, -0.15) is 0 Å². The minimum Gasteiger partial charge on any atom is -0.394 e. The highest BCUT2D eigenvalue weighted by atomic mass is 16.3. The van der Waals surface area contributed by atoms with Gasteiger partial charge < -0.3 is 15.5 Å². The first-order valence-corrected chi connectivity index (χ1v) is 23.7. The Kier molecular flexibility index (Phi) is 43.3. The van der Waals surface area contributed by atoms with E-state index in [0.29, 0.717) is 12.8 Å². The van der Waals surface area contributed by atoms with Crippen LogP contribution in [0.1, 0.15) is 277 Å². The molecule has 0 aliphatic carbocycles. The number of hydrogen-bond donors (Lipinski definition) is 3. The van der Waals surface area contributed by atoms with Gasteiger partial charge in [-0.25, -0.2) is 0 Å². The molecule has 0 aliphatic rings. The van der Waals surface area contributed by atoms with Crippen LogP contribution in [0.5, 0.6) is 0 Å². The fraction of sp³-hybridized carbons (Fsp3) is 0.979. The smallest absolute Gasteiger partial charge is 0.220 e. The number of carbonyl (C=O) groups excluding carboxylic acids is 1. The lowest BCUT2D eigenvalue weighted by Gasteiger charge is -2.22. The van der Waals surface area contributed by atoms with Gasteiger partial charge in [0.25, 0.3) is 0 Å². The number of aliphatic hydroxyl groups excluding tert-OH is 2. The maximum absolute atomic E-state index is 12.4. The zero-order chi connectivity index (χ0) is 37.1. The first-order valence-electron chi connectivity index (χ1n) is 23.7. The quantitative estimate of drug-likeness (QED) is 0.0549. The van der Waals surface area contributed by atoms with Gasteiger partial charge >= 0.3 is 0 Å². The summed E-state index contributed by atoms with van der Waals surface area (Å²) in [6.45, 7) is 4.37. The summed E-state index contributed by atoms with van der Waals surface area (Å²) in [5.74, 6) is -0.0267. The summed E-state index contributed by atoms with van der Waals surface area (Å²) in [6, 6.07) is -0.528. The highest BCUT2D eigenvalue weighted by Gasteiger charge is 2.20. The molecule has 4 nitrogen and oxygen atoms in total. The molecule has 0 rings (SSSR count). The molecule has 0 aromatic heterocycles. The molecule has 4 heteroatoms. The monoisotopic (exact) mass is 722 g/mol. The molecule has 0 aliphatic heterocycles. The summed E-state index contributed by atoms with van der Waals surface area (Å²) in [5, 5.41) is 23.1. The summed E-state index contributed by atoms with van der Waals surface area (Å²) in [7, 11) is 0. The number of carbonyl (C=O) groups is 1. The van der Waals surface area contributed by atoms with Gasteiger partial charge in [0.05, 0.1) is 18.8 Å². The minimum absolute atomic E-state index is 0.0267. The third-order valence-corrected chi connectivity index (χ3v) is 11.4. The molecular formula is C47H95NO3. The van der Waals surface area contributed by atoms with Crippen LogP contribution in [0.4, 0.5) is 0 Å². The van der Waals surface area contributed by atoms with Crippen molar-refractivity contribution in [3.05, 3.63) is 0 Å². The van der Waals surface area contributed by atoms with Crippen LogP contribution in [0, 0.1) is 0 Å². The lowest BCUT2D eigenvalue weighted by molar-refractivity contribution is -0.123. The van der Waals surface area contributed by atoms with Crippen molar-refractivity contribution in [3.8, 4) is 0 Å². The van der Waals surface area contributed by atoms with Gasteiger partial charge in [-0.15, -0.1) is 0 Å². The lowest BCUT2D eigenvalue weighted by atomic mass is 10.0. The number of nitrogens with one attached hydrogen (secondary N) is 1. The summed E-state index contributed by atoms with van der Waals surface area (Å²) in [6.07, 6.45) is 53.6. The number of amides is 1. The highest BCUT2D eigenvalue weighted by molar-refractivity contribution is 5.76. The van der Waals surface area contributed by atoms with Crippen molar-refractivity contribution < 1.29 is 15.0 Å². The Labute approximate surface area is 321 Å². The van der Waals surface area contributed by atoms with Crippen molar-refractivity contribution in [2.45, 2.75) is 289 Å². The summed E-state index contributed by atoms with van der Waals surface area (Å²) in [4.78, 5) is 12.4. The van der Waals surface area contributed by atoms with Crippen LogP contribution in [0.15, 0.2) is 0 Å². The van der Waals surface area contributed by atoms with E-state index < -0.39 is 12.1 Å². The Hall–Kier alpha value is -0.610. The average molecular weight is 722 g/mol. The van der Waals surface area contributed by atoms with Crippen molar-refractivity contribution in [1.29, 1.82) is 0 Å². The van der Waals surface area contributed by atoms with E-state index >= 15 is 0 Å². The second kappa shape index (κ2) is 43.8. The topological polar surface area (TPSA) is 69.6 Å². The van der Waals surface area contributed by atoms with Crippen molar-refractivity contribution in [2.75, 3.05) is 6.61 Å². The van der Waals surface area contributed by atoms with Crippen molar-refractivity contribution >= 4 is 5.91 Å². The fourth-order valence-corrected chi connectivity index (χ4v) is 7.72. The Balaban J connectivity index is 3.35. The van der Waals surface area contributed by atoms with Crippen molar-refractivity contribution in [1.82, 2.24) is 5.32 Å². The second-order valence-electron chi connectivity index (χ2n) is 16.5. The predicted molar refractivity (Wildman–Crippen MR) is 226 cm³/mol. The van der Waals surface area contributed by atoms with Crippen LogP contribution in [-0.4, -0.2) is 34.9 Å². The molecule has 0 bridgehead atoms. The molecular weight excluding hydrogens is 627 g/mol. The zero-order valence-corrected chi connectivity index (χ0v) is 35.2. The molecule has 2 atom stereocenters. The van der Waals surface area contributed by atoms with Gasteiger partial charge in [0.15, 0.2) is 0 Å². The largest absolute Gasteiger partial charge is 0.394 e. The van der Waals surface area contributed by atoms with E-state index in [1.54, 1.807) is 0 Å². The second-order valence-corrected chi connectivity index (χ2v) is 16.5. The van der Waals surface area contributed by atoms with Gasteiger partial charge in [0, 0.05) is 6.42 Å². The Morgan fingerprint density at radius 3 is 0.882 bits per heavy atom. The molecule has 1 amide bonds. The standard InChI is InChI=1S/C47H95NO3/c1-3-5-7-9-11-13-15-16-17-18-19-20-21-22-23-24-25-26-27-28-29-30-31-32-33-35-37-39-41-43-47(51)48-45(44-49)46(50)42-40-38-36-34-14-12-10-8-6-4-2/h45-46,49-50H,3-44H2,1-2H3,(H,48,51)/t45-,46+/m0/s1. The van der Waals surface area contributed by atoms with E-state index in [2.05, 4.69) is 19.2 Å². The van der Waals surface area contributed by atoms with Crippen LogP contribution in [0.25, 0.3) is 0 Å². The first-order chi connectivity index (χ1) is 25.2. The number of unbranched alkanes of at least 4 members (excludes halogenated alkanes) is 37. The summed E-state index contributed by atoms with van der Waals surface area (Å²) < 4.78 is 0. The molecule has 0 saturated carbocycles. The molecule has 0 aromatic carbocycles. The average Bonchev–Trinajstić information content (AvgIpc) is 3.13. The molecule has 0 unspecified atom stereocenters. The molecule has 0 spiro atoms. The molecule has 0 aromatic rings. The van der Waals surface area contributed by atoms with E-state index in [9.17, 15) is 15.0 Å². The van der Waals surface area contributed by atoms with Gasteiger partial charge in [-0.1, -0.05) is 258 Å². The zero-order valence-electron chi connectivity index (χ0n) is 35.2. The van der Waals surface area contributed by atoms with Gasteiger partial charge in [-0.05, 0) is 12.8 Å². The molecule has 0 saturated heterocycles. The molecule has 0 radical (unpaired) electrons.